The zero-order valence-electron chi connectivity index (χ0n) is 14.6. The van der Waals surface area contributed by atoms with E-state index < -0.39 is 11.5 Å². The van der Waals surface area contributed by atoms with Gasteiger partial charge in [-0.25, -0.2) is 4.79 Å². The fourth-order valence-electron chi connectivity index (χ4n) is 2.50. The van der Waals surface area contributed by atoms with E-state index in [1.807, 2.05) is 0 Å². The van der Waals surface area contributed by atoms with Gasteiger partial charge >= 0.3 is 5.56 Å². The molecule has 1 aromatic heterocycles. The molecular weight excluding hydrogens is 336 g/mol. The van der Waals surface area contributed by atoms with Crippen LogP contribution in [0.15, 0.2) is 58.3 Å². The fraction of sp³-hybridized carbons (Fsp3) is 0.167. The van der Waals surface area contributed by atoms with Gasteiger partial charge in [0.1, 0.15) is 18.5 Å². The Hall–Kier alpha value is -3.55. The Labute approximate surface area is 149 Å². The highest BCUT2D eigenvalue weighted by Gasteiger charge is 2.21. The molecule has 0 saturated heterocycles. The van der Waals surface area contributed by atoms with E-state index in [0.717, 1.165) is 0 Å². The number of aryl methyl sites for hydroxylation is 1. The van der Waals surface area contributed by atoms with Gasteiger partial charge in [-0.05, 0) is 24.3 Å². The molecule has 8 nitrogen and oxygen atoms in total. The summed E-state index contributed by atoms with van der Waals surface area (Å²) >= 11 is 0. The monoisotopic (exact) mass is 354 g/mol. The predicted molar refractivity (Wildman–Crippen MR) is 93.3 cm³/mol. The highest BCUT2D eigenvalue weighted by molar-refractivity contribution is 5.88. The maximum absolute atomic E-state index is 12.7. The van der Waals surface area contributed by atoms with Crippen LogP contribution >= 0.6 is 0 Å². The molecule has 3 aromatic rings. The van der Waals surface area contributed by atoms with Crippen LogP contribution in [0.3, 0.4) is 0 Å². The molecule has 1 heterocycles. The molecule has 0 fully saturated rings. The molecule has 0 unspecified atom stereocenters. The first-order chi connectivity index (χ1) is 12.5. The molecule has 8 heteroatoms. The van der Waals surface area contributed by atoms with E-state index in [9.17, 15) is 9.90 Å². The van der Waals surface area contributed by atoms with E-state index in [1.165, 1.54) is 16.5 Å². The summed E-state index contributed by atoms with van der Waals surface area (Å²) in [6.45, 7) is 0. The van der Waals surface area contributed by atoms with E-state index in [1.54, 1.807) is 62.7 Å². The lowest BCUT2D eigenvalue weighted by molar-refractivity contribution is -0.734. The van der Waals surface area contributed by atoms with Gasteiger partial charge in [0, 0.05) is 18.0 Å². The first kappa shape index (κ1) is 17.3. The SMILES string of the molecule is COc1cccc(N=C([O-])c2c(=O)n(-c3cccc(OC)c3)[nH][n+]2C)c1. The van der Waals surface area contributed by atoms with Crippen molar-refractivity contribution in [1.29, 1.82) is 0 Å². The molecule has 0 aliphatic carbocycles. The molecule has 26 heavy (non-hydrogen) atoms. The molecule has 2 aromatic carbocycles. The van der Waals surface area contributed by atoms with Gasteiger partial charge in [0.05, 0.1) is 19.9 Å². The van der Waals surface area contributed by atoms with Crippen molar-refractivity contribution in [2.45, 2.75) is 0 Å². The summed E-state index contributed by atoms with van der Waals surface area (Å²) in [7, 11) is 4.64. The van der Waals surface area contributed by atoms with Crippen LogP contribution in [0.1, 0.15) is 5.69 Å². The van der Waals surface area contributed by atoms with Crippen LogP contribution in [0.5, 0.6) is 11.5 Å². The van der Waals surface area contributed by atoms with Gasteiger partial charge < -0.3 is 14.6 Å². The molecule has 0 aliphatic rings. The topological polar surface area (TPSA) is 95.6 Å². The number of aliphatic imine (C=N–C) groups is 1. The molecule has 0 amide bonds. The molecule has 0 atom stereocenters. The van der Waals surface area contributed by atoms with Crippen LogP contribution < -0.4 is 24.8 Å². The Kier molecular flexibility index (Phi) is 4.74. The van der Waals surface area contributed by atoms with Crippen LogP contribution in [0, 0.1) is 0 Å². The van der Waals surface area contributed by atoms with Gasteiger partial charge in [-0.2, -0.15) is 4.68 Å². The summed E-state index contributed by atoms with van der Waals surface area (Å²) in [5, 5.41) is 15.4. The lowest BCUT2D eigenvalue weighted by atomic mass is 10.3. The summed E-state index contributed by atoms with van der Waals surface area (Å²) in [5.74, 6) is 0.524. The smallest absolute Gasteiger partial charge is 0.406 e. The van der Waals surface area contributed by atoms with Crippen molar-refractivity contribution in [3.63, 3.8) is 0 Å². The Balaban J connectivity index is 2.04. The molecular formula is C18H18N4O4. The quantitative estimate of drug-likeness (QED) is 0.409. The lowest BCUT2D eigenvalue weighted by Crippen LogP contribution is -2.43. The van der Waals surface area contributed by atoms with Gasteiger partial charge in [0.2, 0.25) is 5.69 Å². The summed E-state index contributed by atoms with van der Waals surface area (Å²) in [6.07, 6.45) is 0. The molecule has 0 spiro atoms. The number of aromatic amines is 1. The maximum atomic E-state index is 12.7. The average Bonchev–Trinajstić information content (AvgIpc) is 2.96. The molecule has 134 valence electrons. The molecule has 3 rings (SSSR count). The highest BCUT2D eigenvalue weighted by atomic mass is 16.5. The Morgan fingerprint density at radius 1 is 1.12 bits per heavy atom. The van der Waals surface area contributed by atoms with Gasteiger partial charge in [-0.1, -0.05) is 22.0 Å². The zero-order valence-corrected chi connectivity index (χ0v) is 14.6. The third kappa shape index (κ3) is 3.30. The summed E-state index contributed by atoms with van der Waals surface area (Å²) in [4.78, 5) is 16.7. The van der Waals surface area contributed by atoms with Gasteiger partial charge in [-0.3, -0.25) is 4.99 Å². The minimum absolute atomic E-state index is 0.0874. The number of ether oxygens (including phenoxy) is 2. The van der Waals surface area contributed by atoms with Gasteiger partial charge in [0.25, 0.3) is 0 Å². The van der Waals surface area contributed by atoms with Crippen molar-refractivity contribution in [3.05, 3.63) is 64.6 Å². The largest absolute Gasteiger partial charge is 0.855 e. The zero-order chi connectivity index (χ0) is 18.7. The number of methoxy groups -OCH3 is 2. The Bertz CT molecular complexity index is 1020. The van der Waals surface area contributed by atoms with Crippen molar-refractivity contribution < 1.29 is 19.3 Å². The minimum atomic E-state index is -0.649. The van der Waals surface area contributed by atoms with Crippen molar-refractivity contribution in [3.8, 4) is 17.2 Å². The number of nitrogens with zero attached hydrogens (tertiary/aromatic N) is 3. The van der Waals surface area contributed by atoms with Gasteiger partial charge in [-0.15, -0.1) is 0 Å². The van der Waals surface area contributed by atoms with Crippen LogP contribution in [0.4, 0.5) is 5.69 Å². The molecule has 1 N–H and O–H groups in total. The Morgan fingerprint density at radius 2 is 1.77 bits per heavy atom. The van der Waals surface area contributed by atoms with Gasteiger partial charge in [0.15, 0.2) is 5.69 Å². The first-order valence-electron chi connectivity index (χ1n) is 7.79. The van der Waals surface area contributed by atoms with E-state index in [0.29, 0.717) is 22.9 Å². The number of nitrogens with one attached hydrogen (secondary N) is 1. The first-order valence-corrected chi connectivity index (χ1v) is 7.79. The van der Waals surface area contributed by atoms with Crippen molar-refractivity contribution in [1.82, 2.24) is 9.90 Å². The second-order valence-corrected chi connectivity index (χ2v) is 5.47. The maximum Gasteiger partial charge on any atom is 0.406 e. The second kappa shape index (κ2) is 7.14. The number of H-pyrrole nitrogens is 1. The normalized spacial score (nSPS) is 11.4. The average molecular weight is 354 g/mol. The molecule has 0 aliphatic heterocycles. The number of benzene rings is 2. The van der Waals surface area contributed by atoms with Crippen LogP contribution in [0.25, 0.3) is 5.69 Å². The lowest BCUT2D eigenvalue weighted by Gasteiger charge is -2.06. The Morgan fingerprint density at radius 3 is 2.46 bits per heavy atom. The minimum Gasteiger partial charge on any atom is -0.855 e. The molecule has 0 saturated carbocycles. The van der Waals surface area contributed by atoms with Crippen LogP contribution in [-0.2, 0) is 7.05 Å². The summed E-state index contributed by atoms with van der Waals surface area (Å²) < 4.78 is 12.9. The van der Waals surface area contributed by atoms with Crippen molar-refractivity contribution >= 4 is 11.6 Å². The second-order valence-electron chi connectivity index (χ2n) is 5.47. The van der Waals surface area contributed by atoms with Crippen LogP contribution in [0.2, 0.25) is 0 Å². The fourth-order valence-corrected chi connectivity index (χ4v) is 2.50. The van der Waals surface area contributed by atoms with E-state index in [2.05, 4.69) is 10.2 Å². The summed E-state index contributed by atoms with van der Waals surface area (Å²) in [5.41, 5.74) is 0.362. The number of rotatable bonds is 5. The van der Waals surface area contributed by atoms with Crippen molar-refractivity contribution in [2.24, 2.45) is 12.0 Å². The molecule has 0 bridgehead atoms. The summed E-state index contributed by atoms with van der Waals surface area (Å²) in [6, 6.07) is 13.7. The third-order valence-electron chi connectivity index (χ3n) is 3.79. The standard InChI is InChI=1S/C18H18N4O4/c1-21-16(17(23)19-12-6-4-8-14(10-12)25-2)18(24)22(20-21)13-7-5-9-15(11-13)26-3/h4-11H,1-3H3,(H-,19,20,23,24). The number of aromatic nitrogens is 3. The third-order valence-corrected chi connectivity index (χ3v) is 3.79. The molecule has 0 radical (unpaired) electrons. The van der Waals surface area contributed by atoms with Crippen LogP contribution in [-0.4, -0.2) is 30.0 Å². The number of hydrogen-bond acceptors (Lipinski definition) is 5. The predicted octanol–water partition coefficient (Wildman–Crippen LogP) is 0.446. The van der Waals surface area contributed by atoms with E-state index >= 15 is 0 Å². The van der Waals surface area contributed by atoms with Crippen molar-refractivity contribution in [2.75, 3.05) is 14.2 Å². The highest BCUT2D eigenvalue weighted by Crippen LogP contribution is 2.19. The van der Waals surface area contributed by atoms with E-state index in [4.69, 9.17) is 9.47 Å². The van der Waals surface area contributed by atoms with E-state index in [-0.39, 0.29) is 5.69 Å². The number of hydrogen-bond donors (Lipinski definition) is 1.